The summed E-state index contributed by atoms with van der Waals surface area (Å²) in [4.78, 5) is 4.63. The van der Waals surface area contributed by atoms with Crippen LogP contribution in [0.1, 0.15) is 43.2 Å². The SMILES string of the molecule is Cl.OOc1cccc2c1C[C@H]1NCC[C@@]23CCCC[C@@H]13. The van der Waals surface area contributed by atoms with Crippen molar-refractivity contribution in [1.82, 2.24) is 5.32 Å². The first-order valence-electron chi connectivity index (χ1n) is 7.52. The standard InChI is InChI=1S/C16H21NO2.ClH/c18-19-15-6-3-5-12-11(15)10-14-13-4-1-2-7-16(12,13)8-9-17-14;/h3,5-6,13-14,17-18H,1-2,4,7-10H2;1H/t13-,14+,16-;/m0./s1. The van der Waals surface area contributed by atoms with Gasteiger partial charge in [-0.25, -0.2) is 5.26 Å². The Labute approximate surface area is 126 Å². The molecule has 0 amide bonds. The average molecular weight is 296 g/mol. The van der Waals surface area contributed by atoms with Gasteiger partial charge in [0, 0.05) is 17.0 Å². The lowest BCUT2D eigenvalue weighted by Crippen LogP contribution is -2.59. The molecule has 0 aromatic heterocycles. The predicted octanol–water partition coefficient (Wildman–Crippen LogP) is 3.31. The van der Waals surface area contributed by atoms with Crippen LogP contribution in [0.2, 0.25) is 0 Å². The van der Waals surface area contributed by atoms with E-state index in [1.165, 1.54) is 43.2 Å². The third-order valence-electron chi connectivity index (χ3n) is 5.75. The van der Waals surface area contributed by atoms with Crippen LogP contribution in [0.5, 0.6) is 5.75 Å². The van der Waals surface area contributed by atoms with Crippen LogP contribution in [-0.2, 0) is 11.8 Å². The number of halogens is 1. The molecule has 1 aromatic carbocycles. The Morgan fingerprint density at radius 1 is 1.25 bits per heavy atom. The molecule has 0 spiro atoms. The van der Waals surface area contributed by atoms with Gasteiger partial charge in [0.1, 0.15) is 0 Å². The van der Waals surface area contributed by atoms with E-state index >= 15 is 0 Å². The zero-order chi connectivity index (χ0) is 12.9. The minimum atomic E-state index is 0. The lowest BCUT2D eigenvalue weighted by atomic mass is 9.53. The van der Waals surface area contributed by atoms with Crippen LogP contribution in [0.3, 0.4) is 0 Å². The average Bonchev–Trinajstić information content (AvgIpc) is 2.46. The Kier molecular flexibility index (Phi) is 3.69. The lowest BCUT2D eigenvalue weighted by Gasteiger charge is -2.56. The molecule has 2 fully saturated rings. The molecule has 4 rings (SSSR count). The van der Waals surface area contributed by atoms with Crippen LogP contribution in [-0.4, -0.2) is 17.8 Å². The number of nitrogens with one attached hydrogen (secondary N) is 1. The fourth-order valence-electron chi connectivity index (χ4n) is 5.02. The quantitative estimate of drug-likeness (QED) is 0.617. The fraction of sp³-hybridized carbons (Fsp3) is 0.625. The Hall–Kier alpha value is -0.770. The van der Waals surface area contributed by atoms with Crippen molar-refractivity contribution in [3.8, 4) is 5.75 Å². The number of fused-ring (bicyclic) bond motifs is 1. The van der Waals surface area contributed by atoms with Gasteiger partial charge in [-0.15, -0.1) is 12.4 Å². The normalized spacial score (nSPS) is 34.5. The molecule has 3 nitrogen and oxygen atoms in total. The van der Waals surface area contributed by atoms with Crippen LogP contribution in [0.15, 0.2) is 18.2 Å². The molecule has 3 aliphatic rings. The number of benzene rings is 1. The molecule has 1 saturated heterocycles. The summed E-state index contributed by atoms with van der Waals surface area (Å²) in [6.07, 6.45) is 7.59. The van der Waals surface area contributed by atoms with Crippen molar-refractivity contribution in [3.63, 3.8) is 0 Å². The minimum Gasteiger partial charge on any atom is -0.340 e. The summed E-state index contributed by atoms with van der Waals surface area (Å²) >= 11 is 0. The second kappa shape index (κ2) is 5.21. The van der Waals surface area contributed by atoms with Crippen LogP contribution in [0, 0.1) is 5.92 Å². The van der Waals surface area contributed by atoms with Gasteiger partial charge >= 0.3 is 0 Å². The third-order valence-corrected chi connectivity index (χ3v) is 5.75. The van der Waals surface area contributed by atoms with E-state index in [9.17, 15) is 0 Å². The van der Waals surface area contributed by atoms with Crippen LogP contribution in [0.4, 0.5) is 0 Å². The highest BCUT2D eigenvalue weighted by molar-refractivity contribution is 5.85. The van der Waals surface area contributed by atoms with E-state index in [0.29, 0.717) is 17.2 Å². The molecule has 4 heteroatoms. The van der Waals surface area contributed by atoms with Gasteiger partial charge < -0.3 is 10.2 Å². The van der Waals surface area contributed by atoms with E-state index in [0.717, 1.165) is 18.9 Å². The van der Waals surface area contributed by atoms with E-state index in [2.05, 4.69) is 16.3 Å². The van der Waals surface area contributed by atoms with Gasteiger partial charge in [0.2, 0.25) is 0 Å². The molecule has 0 radical (unpaired) electrons. The van der Waals surface area contributed by atoms with Gasteiger partial charge in [0.15, 0.2) is 5.75 Å². The predicted molar refractivity (Wildman–Crippen MR) is 80.7 cm³/mol. The first-order valence-corrected chi connectivity index (χ1v) is 7.52. The van der Waals surface area contributed by atoms with Crippen molar-refractivity contribution >= 4 is 12.4 Å². The summed E-state index contributed by atoms with van der Waals surface area (Å²) in [7, 11) is 0. The molecule has 3 atom stereocenters. The van der Waals surface area contributed by atoms with Gasteiger partial charge in [-0.2, -0.15) is 0 Å². The van der Waals surface area contributed by atoms with Crippen molar-refractivity contribution in [3.05, 3.63) is 29.3 Å². The first-order chi connectivity index (χ1) is 9.35. The van der Waals surface area contributed by atoms with Gasteiger partial charge in [-0.1, -0.05) is 25.0 Å². The van der Waals surface area contributed by atoms with Crippen molar-refractivity contribution in [1.29, 1.82) is 0 Å². The summed E-state index contributed by atoms with van der Waals surface area (Å²) in [5, 5.41) is 12.8. The molecule has 2 aliphatic carbocycles. The van der Waals surface area contributed by atoms with E-state index in [4.69, 9.17) is 5.26 Å². The van der Waals surface area contributed by atoms with E-state index in [-0.39, 0.29) is 12.4 Å². The lowest BCUT2D eigenvalue weighted by molar-refractivity contribution is -0.138. The van der Waals surface area contributed by atoms with Crippen LogP contribution >= 0.6 is 12.4 Å². The number of piperidine rings is 1. The summed E-state index contributed by atoms with van der Waals surface area (Å²) in [6.45, 7) is 1.13. The maximum absolute atomic E-state index is 9.13. The minimum absolute atomic E-state index is 0. The molecular weight excluding hydrogens is 274 g/mol. The number of rotatable bonds is 1. The van der Waals surface area contributed by atoms with Crippen LogP contribution < -0.4 is 10.2 Å². The van der Waals surface area contributed by atoms with Crippen LogP contribution in [0.25, 0.3) is 0 Å². The topological polar surface area (TPSA) is 41.5 Å². The fourth-order valence-corrected chi connectivity index (χ4v) is 5.02. The molecule has 1 aliphatic heterocycles. The summed E-state index contributed by atoms with van der Waals surface area (Å²) in [5.41, 5.74) is 3.04. The largest absolute Gasteiger partial charge is 0.340 e. The molecule has 20 heavy (non-hydrogen) atoms. The second-order valence-corrected chi connectivity index (χ2v) is 6.40. The summed E-state index contributed by atoms with van der Waals surface area (Å²) in [5.74, 6) is 1.44. The number of hydrogen-bond donors (Lipinski definition) is 2. The Balaban J connectivity index is 0.00000121. The highest BCUT2D eigenvalue weighted by Gasteiger charge is 2.51. The van der Waals surface area contributed by atoms with Gasteiger partial charge in [-0.3, -0.25) is 0 Å². The third kappa shape index (κ3) is 1.80. The monoisotopic (exact) mass is 295 g/mol. The second-order valence-electron chi connectivity index (χ2n) is 6.40. The van der Waals surface area contributed by atoms with Gasteiger partial charge in [0.25, 0.3) is 0 Å². The van der Waals surface area contributed by atoms with Gasteiger partial charge in [-0.05, 0) is 49.8 Å². The van der Waals surface area contributed by atoms with E-state index in [1.54, 1.807) is 0 Å². The Bertz CT molecular complexity index is 503. The highest BCUT2D eigenvalue weighted by atomic mass is 35.5. The molecule has 2 N–H and O–H groups in total. The molecule has 1 heterocycles. The first kappa shape index (κ1) is 14.2. The summed E-state index contributed by atoms with van der Waals surface area (Å²) in [6, 6.07) is 6.76. The molecule has 110 valence electrons. The van der Waals surface area contributed by atoms with Crippen molar-refractivity contribution in [2.75, 3.05) is 6.54 Å². The molecule has 1 aromatic rings. The Morgan fingerprint density at radius 3 is 3.00 bits per heavy atom. The smallest absolute Gasteiger partial charge is 0.168 e. The van der Waals surface area contributed by atoms with Crippen molar-refractivity contribution in [2.45, 2.75) is 50.0 Å². The maximum Gasteiger partial charge on any atom is 0.168 e. The zero-order valence-corrected chi connectivity index (χ0v) is 12.4. The van der Waals surface area contributed by atoms with E-state index in [1.807, 2.05) is 12.1 Å². The number of hydrogen-bond acceptors (Lipinski definition) is 3. The summed E-state index contributed by atoms with van der Waals surface area (Å²) < 4.78 is 0. The molecule has 1 saturated carbocycles. The zero-order valence-electron chi connectivity index (χ0n) is 11.6. The Morgan fingerprint density at radius 2 is 2.15 bits per heavy atom. The van der Waals surface area contributed by atoms with Crippen molar-refractivity contribution < 1.29 is 10.1 Å². The molecule has 0 unspecified atom stereocenters. The van der Waals surface area contributed by atoms with E-state index < -0.39 is 0 Å². The maximum atomic E-state index is 9.13. The molecule has 2 bridgehead atoms. The molecular formula is C16H22ClNO2. The highest BCUT2D eigenvalue weighted by Crippen LogP contribution is 2.54. The van der Waals surface area contributed by atoms with Gasteiger partial charge in [0.05, 0.1) is 0 Å². The van der Waals surface area contributed by atoms with Crippen molar-refractivity contribution in [2.24, 2.45) is 5.92 Å².